The maximum Gasteiger partial charge on any atom is 0.430 e. The number of carbonyl (C=O) groups excluding carboxylic acids is 1. The van der Waals surface area contributed by atoms with E-state index in [-0.39, 0.29) is 25.2 Å². The predicted molar refractivity (Wildman–Crippen MR) is 130 cm³/mol. The van der Waals surface area contributed by atoms with Crippen LogP contribution in [0.1, 0.15) is 34.3 Å². The zero-order valence-electron chi connectivity index (χ0n) is 20.8. The van der Waals surface area contributed by atoms with Crippen LogP contribution in [0.2, 0.25) is 0 Å². The molecule has 0 spiro atoms. The number of aliphatic hydroxyl groups is 2. The van der Waals surface area contributed by atoms with Crippen molar-refractivity contribution in [3.63, 3.8) is 0 Å². The minimum atomic E-state index is -6.04. The van der Waals surface area contributed by atoms with E-state index in [1.165, 1.54) is 29.2 Å². The lowest BCUT2D eigenvalue weighted by atomic mass is 9.82. The monoisotopic (exact) mass is 570 g/mol. The highest BCUT2D eigenvalue weighted by molar-refractivity contribution is 5.74. The Morgan fingerprint density at radius 1 is 0.875 bits per heavy atom. The molecule has 0 aromatic heterocycles. The Hall–Kier alpha value is -3.64. The number of hydrogen-bond donors (Lipinski definition) is 3. The molecular weight excluding hydrogens is 545 g/mol. The highest BCUT2D eigenvalue weighted by atomic mass is 19.4. The van der Waals surface area contributed by atoms with Gasteiger partial charge in [-0.3, -0.25) is 0 Å². The number of aliphatic hydroxyl groups excluding tert-OH is 1. The van der Waals surface area contributed by atoms with Crippen LogP contribution in [0.4, 0.5) is 35.5 Å². The Morgan fingerprint density at radius 3 is 2.00 bits per heavy atom. The minimum absolute atomic E-state index is 0.000619. The van der Waals surface area contributed by atoms with E-state index >= 15 is 0 Å². The number of benzene rings is 3. The third kappa shape index (κ3) is 5.78. The summed E-state index contributed by atoms with van der Waals surface area (Å²) in [5.74, 6) is -1.77. The van der Waals surface area contributed by atoms with E-state index < -0.39 is 53.3 Å². The van der Waals surface area contributed by atoms with E-state index in [0.717, 1.165) is 17.7 Å². The first kappa shape index (κ1) is 29.3. The minimum Gasteiger partial charge on any atom is -0.388 e. The second-order valence-electron chi connectivity index (χ2n) is 9.64. The van der Waals surface area contributed by atoms with E-state index in [4.69, 9.17) is 0 Å². The molecule has 1 aliphatic rings. The molecule has 4 rings (SSSR count). The molecule has 3 aromatic rings. The van der Waals surface area contributed by atoms with Gasteiger partial charge in [-0.05, 0) is 28.8 Å². The van der Waals surface area contributed by atoms with E-state index in [9.17, 15) is 45.7 Å². The molecule has 0 radical (unpaired) electrons. The van der Waals surface area contributed by atoms with Crippen LogP contribution in [-0.2, 0) is 12.1 Å². The van der Waals surface area contributed by atoms with Crippen LogP contribution in [0.3, 0.4) is 0 Å². The smallest absolute Gasteiger partial charge is 0.388 e. The molecule has 1 unspecified atom stereocenters. The Labute approximate surface area is 224 Å². The number of nitrogens with one attached hydrogen (secondary N) is 1. The molecule has 2 amide bonds. The van der Waals surface area contributed by atoms with Crippen molar-refractivity contribution in [1.82, 2.24) is 10.2 Å². The molecule has 5 nitrogen and oxygen atoms in total. The van der Waals surface area contributed by atoms with Crippen LogP contribution in [-0.4, -0.2) is 46.6 Å². The lowest BCUT2D eigenvalue weighted by molar-refractivity contribution is -0.376. The number of alkyl halides is 6. The molecule has 12 heteroatoms. The zero-order chi connectivity index (χ0) is 29.3. The van der Waals surface area contributed by atoms with Crippen LogP contribution >= 0.6 is 0 Å². The normalized spacial score (nSPS) is 19.0. The van der Waals surface area contributed by atoms with E-state index in [2.05, 4.69) is 5.32 Å². The lowest BCUT2D eigenvalue weighted by Gasteiger charge is -2.33. The van der Waals surface area contributed by atoms with Gasteiger partial charge in [0.05, 0.1) is 6.10 Å². The number of amides is 2. The van der Waals surface area contributed by atoms with Crippen molar-refractivity contribution < 1.29 is 45.7 Å². The SMILES string of the molecule is O=C(NCc1ccccc1)N1C[C@@H](c2ccc(F)cc2)[C@H](C(O)c2ccc(C(O)(C(F)(F)F)C(F)(F)F)cc2)C1. The van der Waals surface area contributed by atoms with Crippen molar-refractivity contribution in [3.8, 4) is 0 Å². The third-order valence-electron chi connectivity index (χ3n) is 7.13. The van der Waals surface area contributed by atoms with E-state index in [1.807, 2.05) is 30.3 Å². The molecule has 1 fully saturated rings. The molecule has 3 N–H and O–H groups in total. The summed E-state index contributed by atoms with van der Waals surface area (Å²) in [6.45, 7) is 0.349. The van der Waals surface area contributed by atoms with Gasteiger partial charge in [-0.15, -0.1) is 0 Å². The summed E-state index contributed by atoms with van der Waals surface area (Å²) in [5.41, 5.74) is -5.13. The van der Waals surface area contributed by atoms with Gasteiger partial charge in [-0.25, -0.2) is 9.18 Å². The molecule has 214 valence electrons. The summed E-state index contributed by atoms with van der Waals surface area (Å²) in [6.07, 6.45) is -13.5. The average molecular weight is 571 g/mol. The highest BCUT2D eigenvalue weighted by Gasteiger charge is 2.71. The summed E-state index contributed by atoms with van der Waals surface area (Å²) in [7, 11) is 0. The first-order valence-electron chi connectivity index (χ1n) is 12.2. The first-order valence-corrected chi connectivity index (χ1v) is 12.2. The second kappa shape index (κ2) is 11.1. The van der Waals surface area contributed by atoms with Crippen molar-refractivity contribution in [2.24, 2.45) is 5.92 Å². The fourth-order valence-corrected chi connectivity index (χ4v) is 4.92. The summed E-state index contributed by atoms with van der Waals surface area (Å²) in [6, 6.07) is 16.7. The largest absolute Gasteiger partial charge is 0.430 e. The first-order chi connectivity index (χ1) is 18.7. The van der Waals surface area contributed by atoms with Gasteiger partial charge in [0.15, 0.2) is 0 Å². The predicted octanol–water partition coefficient (Wildman–Crippen LogP) is 5.80. The van der Waals surface area contributed by atoms with Gasteiger partial charge >= 0.3 is 18.4 Å². The van der Waals surface area contributed by atoms with Crippen LogP contribution in [0, 0.1) is 11.7 Å². The average Bonchev–Trinajstić information content (AvgIpc) is 3.36. The zero-order valence-corrected chi connectivity index (χ0v) is 20.8. The van der Waals surface area contributed by atoms with Gasteiger partial charge < -0.3 is 20.4 Å². The van der Waals surface area contributed by atoms with Gasteiger partial charge in [0.2, 0.25) is 0 Å². The summed E-state index contributed by atoms with van der Waals surface area (Å²) >= 11 is 0. The van der Waals surface area contributed by atoms with Crippen molar-refractivity contribution in [2.45, 2.75) is 36.5 Å². The van der Waals surface area contributed by atoms with Crippen LogP contribution in [0.15, 0.2) is 78.9 Å². The molecule has 40 heavy (non-hydrogen) atoms. The standard InChI is InChI=1S/C28H25F7N2O3/c29-21-12-8-18(9-13-21)22-15-37(25(39)36-14-17-4-2-1-3-5-17)16-23(22)24(38)19-6-10-20(11-7-19)26(40,27(30,31)32)28(33,34)35/h1-13,22-24,38,40H,14-16H2,(H,36,39)/t22-,23+,24?/m0/s1. The fourth-order valence-electron chi connectivity index (χ4n) is 4.92. The van der Waals surface area contributed by atoms with Gasteiger partial charge in [0, 0.05) is 37.0 Å². The van der Waals surface area contributed by atoms with Crippen LogP contribution < -0.4 is 5.32 Å². The van der Waals surface area contributed by atoms with Gasteiger partial charge in [0.25, 0.3) is 5.60 Å². The number of carbonyl (C=O) groups is 1. The molecule has 1 aliphatic heterocycles. The maximum atomic E-state index is 13.6. The lowest BCUT2D eigenvalue weighted by Crippen LogP contribution is -2.53. The molecule has 3 aromatic carbocycles. The number of hydrogen-bond acceptors (Lipinski definition) is 3. The molecule has 0 bridgehead atoms. The van der Waals surface area contributed by atoms with Crippen LogP contribution in [0.25, 0.3) is 0 Å². The van der Waals surface area contributed by atoms with Crippen molar-refractivity contribution in [3.05, 3.63) is 107 Å². The molecule has 0 aliphatic carbocycles. The molecule has 3 atom stereocenters. The van der Waals surface area contributed by atoms with Gasteiger partial charge in [-0.2, -0.15) is 26.3 Å². The number of likely N-dealkylation sites (tertiary alicyclic amines) is 1. The second-order valence-corrected chi connectivity index (χ2v) is 9.64. The molecular formula is C28H25F7N2O3. The summed E-state index contributed by atoms with van der Waals surface area (Å²) in [5, 5.41) is 23.6. The Balaban J connectivity index is 1.59. The summed E-state index contributed by atoms with van der Waals surface area (Å²) in [4.78, 5) is 14.4. The Bertz CT molecular complexity index is 1280. The van der Waals surface area contributed by atoms with E-state index in [1.54, 1.807) is 0 Å². The topological polar surface area (TPSA) is 72.8 Å². The van der Waals surface area contributed by atoms with Crippen molar-refractivity contribution in [2.75, 3.05) is 13.1 Å². The molecule has 1 heterocycles. The number of nitrogens with zero attached hydrogens (tertiary/aromatic N) is 1. The van der Waals surface area contributed by atoms with Crippen molar-refractivity contribution >= 4 is 6.03 Å². The number of halogens is 7. The fraction of sp³-hybridized carbons (Fsp3) is 0.321. The molecule has 0 saturated carbocycles. The Kier molecular flexibility index (Phi) is 8.13. The van der Waals surface area contributed by atoms with E-state index in [0.29, 0.717) is 17.7 Å². The number of rotatable bonds is 6. The number of urea groups is 1. The summed E-state index contributed by atoms with van der Waals surface area (Å²) < 4.78 is 93.1. The quantitative estimate of drug-likeness (QED) is 0.329. The van der Waals surface area contributed by atoms with Gasteiger partial charge in [0.1, 0.15) is 5.82 Å². The Morgan fingerprint density at radius 2 is 1.45 bits per heavy atom. The third-order valence-corrected chi connectivity index (χ3v) is 7.13. The molecule has 1 saturated heterocycles. The maximum absolute atomic E-state index is 13.6. The highest BCUT2D eigenvalue weighted by Crippen LogP contribution is 2.50. The van der Waals surface area contributed by atoms with Crippen molar-refractivity contribution in [1.29, 1.82) is 0 Å². The van der Waals surface area contributed by atoms with Gasteiger partial charge in [-0.1, -0.05) is 66.7 Å². The van der Waals surface area contributed by atoms with Crippen LogP contribution in [0.5, 0.6) is 0 Å².